The second-order valence-corrected chi connectivity index (χ2v) is 7.80. The van der Waals surface area contributed by atoms with E-state index in [2.05, 4.69) is 10.1 Å². The highest BCUT2D eigenvalue weighted by atomic mass is 16.5. The molecule has 162 valence electrons. The van der Waals surface area contributed by atoms with Crippen molar-refractivity contribution in [2.75, 3.05) is 6.61 Å². The number of carboxylic acids is 1. The van der Waals surface area contributed by atoms with Crippen molar-refractivity contribution >= 4 is 39.1 Å². The lowest BCUT2D eigenvalue weighted by Crippen LogP contribution is -2.09. The van der Waals surface area contributed by atoms with Gasteiger partial charge in [0.1, 0.15) is 17.0 Å². The maximum atomic E-state index is 13.0. The van der Waals surface area contributed by atoms with Crippen LogP contribution >= 0.6 is 0 Å². The van der Waals surface area contributed by atoms with E-state index < -0.39 is 12.6 Å². The van der Waals surface area contributed by atoms with Gasteiger partial charge in [0, 0.05) is 23.1 Å². The molecular weight excluding hydrogens is 414 g/mol. The fourth-order valence-corrected chi connectivity index (χ4v) is 3.96. The molecule has 5 aromatic rings. The third kappa shape index (κ3) is 3.06. The van der Waals surface area contributed by atoms with E-state index in [0.29, 0.717) is 50.0 Å². The molecule has 2 aromatic carbocycles. The zero-order chi connectivity index (χ0) is 22.6. The van der Waals surface area contributed by atoms with Crippen molar-refractivity contribution < 1.29 is 19.1 Å². The van der Waals surface area contributed by atoms with Crippen LogP contribution in [0.4, 0.5) is 0 Å². The summed E-state index contributed by atoms with van der Waals surface area (Å²) in [6, 6.07) is 11.3. The summed E-state index contributed by atoms with van der Waals surface area (Å²) >= 11 is 0. The minimum absolute atomic E-state index is 0.0293. The van der Waals surface area contributed by atoms with Crippen LogP contribution in [-0.4, -0.2) is 32.4 Å². The van der Waals surface area contributed by atoms with Gasteiger partial charge in [0.25, 0.3) is 5.56 Å². The first-order chi connectivity index (χ1) is 15.3. The lowest BCUT2D eigenvalue weighted by molar-refractivity contribution is -0.139. The monoisotopic (exact) mass is 433 g/mol. The highest BCUT2D eigenvalue weighted by Gasteiger charge is 2.22. The summed E-state index contributed by atoms with van der Waals surface area (Å²) in [6.07, 6.45) is 0. The zero-order valence-electron chi connectivity index (χ0n) is 17.3. The summed E-state index contributed by atoms with van der Waals surface area (Å²) in [7, 11) is 0. The van der Waals surface area contributed by atoms with Gasteiger partial charge in [0.05, 0.1) is 10.9 Å². The summed E-state index contributed by atoms with van der Waals surface area (Å²) < 4.78 is 13.1. The number of carboxylic acid groups (broad SMARTS) is 1. The van der Waals surface area contributed by atoms with Crippen LogP contribution < -0.4 is 15.7 Å². The van der Waals surface area contributed by atoms with Crippen molar-refractivity contribution in [3.05, 3.63) is 63.0 Å². The van der Waals surface area contributed by atoms with Gasteiger partial charge in [-0.2, -0.15) is 0 Å². The van der Waals surface area contributed by atoms with Crippen molar-refractivity contribution in [3.8, 4) is 16.9 Å². The fraction of sp³-hybridized carbons (Fsp3) is 0.174. The Kier molecular flexibility index (Phi) is 4.40. The number of aliphatic carboxylic acids is 1. The molecule has 0 radical (unpaired) electrons. The van der Waals surface area contributed by atoms with Crippen LogP contribution in [0.3, 0.4) is 0 Å². The molecule has 0 saturated heterocycles. The fourth-order valence-electron chi connectivity index (χ4n) is 3.96. The molecule has 0 aliphatic carbocycles. The average molecular weight is 433 g/mol. The minimum Gasteiger partial charge on any atom is -0.482 e. The molecule has 3 aromatic heterocycles. The second kappa shape index (κ2) is 7.16. The number of aromatic amines is 2. The van der Waals surface area contributed by atoms with E-state index in [9.17, 15) is 14.4 Å². The molecule has 3 heterocycles. The van der Waals surface area contributed by atoms with Crippen molar-refractivity contribution in [3.63, 3.8) is 0 Å². The third-order valence-electron chi connectivity index (χ3n) is 5.31. The molecule has 0 atom stereocenters. The number of hydrogen-bond donors (Lipinski definition) is 3. The van der Waals surface area contributed by atoms with E-state index in [4.69, 9.17) is 14.3 Å². The first-order valence-electron chi connectivity index (χ1n) is 10.0. The number of carbonyl (C=O) groups is 1. The Hall–Kier alpha value is -4.27. The summed E-state index contributed by atoms with van der Waals surface area (Å²) in [4.78, 5) is 39.1. The normalized spacial score (nSPS) is 11.7. The molecule has 0 fully saturated rings. The van der Waals surface area contributed by atoms with Crippen LogP contribution in [0.25, 0.3) is 44.2 Å². The van der Waals surface area contributed by atoms with Crippen LogP contribution in [0.5, 0.6) is 5.75 Å². The zero-order valence-corrected chi connectivity index (χ0v) is 17.3. The number of pyridine rings is 1. The van der Waals surface area contributed by atoms with E-state index in [1.165, 1.54) is 12.1 Å². The number of ether oxygens (including phenoxy) is 1. The molecule has 0 aliphatic heterocycles. The predicted octanol–water partition coefficient (Wildman–Crippen LogP) is 3.63. The quantitative estimate of drug-likeness (QED) is 0.388. The number of fused-ring (bicyclic) bond motifs is 4. The van der Waals surface area contributed by atoms with Crippen LogP contribution in [-0.2, 0) is 4.79 Å². The summed E-state index contributed by atoms with van der Waals surface area (Å²) in [5.41, 5.74) is 2.71. The molecule has 3 N–H and O–H groups in total. The van der Waals surface area contributed by atoms with Crippen molar-refractivity contribution in [2.45, 2.75) is 19.9 Å². The van der Waals surface area contributed by atoms with E-state index >= 15 is 0 Å². The van der Waals surface area contributed by atoms with Gasteiger partial charge < -0.3 is 19.2 Å². The molecule has 9 nitrogen and oxygen atoms in total. The van der Waals surface area contributed by atoms with E-state index in [0.717, 1.165) is 0 Å². The van der Waals surface area contributed by atoms with Gasteiger partial charge in [-0.3, -0.25) is 19.4 Å². The van der Waals surface area contributed by atoms with Gasteiger partial charge in [-0.25, -0.2) is 4.79 Å². The Morgan fingerprint density at radius 3 is 2.75 bits per heavy atom. The Morgan fingerprint density at radius 1 is 1.19 bits per heavy atom. The lowest BCUT2D eigenvalue weighted by atomic mass is 10.0. The molecule has 0 unspecified atom stereocenters. The predicted molar refractivity (Wildman–Crippen MR) is 119 cm³/mol. The van der Waals surface area contributed by atoms with Gasteiger partial charge in [0.15, 0.2) is 17.6 Å². The molecular formula is C23H19N3O6. The molecule has 0 aliphatic rings. The Bertz CT molecular complexity index is 1630. The van der Waals surface area contributed by atoms with Gasteiger partial charge in [-0.15, -0.1) is 0 Å². The van der Waals surface area contributed by atoms with Crippen molar-refractivity contribution in [1.29, 1.82) is 0 Å². The third-order valence-corrected chi connectivity index (χ3v) is 5.31. The maximum absolute atomic E-state index is 13.0. The smallest absolute Gasteiger partial charge is 0.341 e. The SMILES string of the molecule is CC(C)n1[nH]c(=O)c2c(-c3cccc(OCC(=O)O)c3)c3oc4cc(=O)ccc4c3[nH]c21. The number of furan rings is 1. The first-order valence-corrected chi connectivity index (χ1v) is 10.0. The molecule has 0 amide bonds. The van der Waals surface area contributed by atoms with Crippen molar-refractivity contribution in [2.24, 2.45) is 0 Å². The summed E-state index contributed by atoms with van der Waals surface area (Å²) in [5, 5.41) is 12.9. The van der Waals surface area contributed by atoms with Gasteiger partial charge in [-0.05, 0) is 43.7 Å². The summed E-state index contributed by atoms with van der Waals surface area (Å²) in [6.45, 7) is 3.41. The molecule has 0 bridgehead atoms. The molecule has 5 rings (SSSR count). The van der Waals surface area contributed by atoms with E-state index in [1.54, 1.807) is 35.0 Å². The molecule has 32 heavy (non-hydrogen) atoms. The number of H-pyrrole nitrogens is 2. The Morgan fingerprint density at radius 2 is 2.00 bits per heavy atom. The minimum atomic E-state index is -1.09. The average Bonchev–Trinajstić information content (AvgIpc) is 3.28. The van der Waals surface area contributed by atoms with Gasteiger partial charge >= 0.3 is 5.97 Å². The van der Waals surface area contributed by atoms with Crippen LogP contribution in [0.15, 0.2) is 56.5 Å². The van der Waals surface area contributed by atoms with Crippen molar-refractivity contribution in [1.82, 2.24) is 14.8 Å². The molecule has 0 spiro atoms. The lowest BCUT2D eigenvalue weighted by Gasteiger charge is -2.11. The number of nitrogens with zero attached hydrogens (tertiary/aromatic N) is 1. The number of aromatic nitrogens is 3. The van der Waals surface area contributed by atoms with E-state index in [1.807, 2.05) is 13.8 Å². The standard InChI is InChI=1S/C23H19N3O6/c1-11(2)26-22-19(23(30)25-26)18(12-4-3-5-14(8-12)31-10-17(28)29)21-20(24-22)15-7-6-13(27)9-16(15)32-21/h3-9,11,24H,10H2,1-2H3,(H,25,30)(H,28,29). The topological polar surface area (TPSA) is 130 Å². The van der Waals surface area contributed by atoms with Crippen LogP contribution in [0, 0.1) is 0 Å². The van der Waals surface area contributed by atoms with Crippen LogP contribution in [0.2, 0.25) is 0 Å². The van der Waals surface area contributed by atoms with Crippen LogP contribution in [0.1, 0.15) is 19.9 Å². The first kappa shape index (κ1) is 19.7. The largest absolute Gasteiger partial charge is 0.482 e. The number of nitrogens with one attached hydrogen (secondary N) is 2. The highest BCUT2D eigenvalue weighted by molar-refractivity contribution is 6.14. The maximum Gasteiger partial charge on any atom is 0.341 e. The number of rotatable bonds is 5. The van der Waals surface area contributed by atoms with Gasteiger partial charge in [-0.1, -0.05) is 12.1 Å². The number of hydrogen-bond acceptors (Lipinski definition) is 5. The molecule has 9 heteroatoms. The highest BCUT2D eigenvalue weighted by Crippen LogP contribution is 2.39. The van der Waals surface area contributed by atoms with E-state index in [-0.39, 0.29) is 17.0 Å². The second-order valence-electron chi connectivity index (χ2n) is 7.80. The Labute approximate surface area is 179 Å². The number of benzene rings is 2. The van der Waals surface area contributed by atoms with Gasteiger partial charge in [0.2, 0.25) is 0 Å². The summed E-state index contributed by atoms with van der Waals surface area (Å²) in [5.74, 6) is -0.748. The Balaban J connectivity index is 1.90. The molecule has 0 saturated carbocycles.